The fraction of sp³-hybridized carbons (Fsp3) is 0.286. The van der Waals surface area contributed by atoms with Gasteiger partial charge in [0.05, 0.1) is 4.92 Å². The quantitative estimate of drug-likeness (QED) is 0.280. The highest BCUT2D eigenvalue weighted by atomic mass is 35.5. The first-order valence-electron chi connectivity index (χ1n) is 5.94. The van der Waals surface area contributed by atoms with Gasteiger partial charge in [-0.05, 0) is 17.5 Å². The van der Waals surface area contributed by atoms with Gasteiger partial charge in [-0.2, -0.15) is 0 Å². The van der Waals surface area contributed by atoms with Crippen molar-refractivity contribution in [3.8, 4) is 0 Å². The summed E-state index contributed by atoms with van der Waals surface area (Å²) in [5.74, 6) is -2.04. The van der Waals surface area contributed by atoms with E-state index in [9.17, 15) is 19.7 Å². The molecule has 0 aliphatic carbocycles. The number of nitro groups is 1. The monoisotopic (exact) mass is 311 g/mol. The van der Waals surface area contributed by atoms with Crippen LogP contribution in [0.15, 0.2) is 30.4 Å². The highest BCUT2D eigenvalue weighted by Gasteiger charge is 2.28. The van der Waals surface area contributed by atoms with E-state index in [1.54, 1.807) is 20.8 Å². The molecule has 0 N–H and O–H groups in total. The van der Waals surface area contributed by atoms with Crippen LogP contribution in [-0.2, 0) is 9.53 Å². The van der Waals surface area contributed by atoms with Crippen molar-refractivity contribution in [3.63, 3.8) is 0 Å². The van der Waals surface area contributed by atoms with E-state index >= 15 is 0 Å². The van der Waals surface area contributed by atoms with E-state index in [0.29, 0.717) is 0 Å². The number of carbonyl (C=O) groups is 2. The van der Waals surface area contributed by atoms with Gasteiger partial charge in [-0.25, -0.2) is 9.59 Å². The summed E-state index contributed by atoms with van der Waals surface area (Å²) in [6.45, 7) is 8.75. The van der Waals surface area contributed by atoms with Crippen molar-refractivity contribution in [3.05, 3.63) is 51.1 Å². The molecule has 0 bridgehead atoms. The summed E-state index contributed by atoms with van der Waals surface area (Å²) in [4.78, 5) is 33.8. The average molecular weight is 312 g/mol. The Morgan fingerprint density at radius 1 is 1.33 bits per heavy atom. The summed E-state index contributed by atoms with van der Waals surface area (Å²) < 4.78 is 4.63. The molecule has 0 saturated heterocycles. The van der Waals surface area contributed by atoms with E-state index < -0.39 is 28.0 Å². The summed E-state index contributed by atoms with van der Waals surface area (Å²) >= 11 is 5.64. The molecule has 21 heavy (non-hydrogen) atoms. The highest BCUT2D eigenvalue weighted by Crippen LogP contribution is 2.27. The van der Waals surface area contributed by atoms with Crippen molar-refractivity contribution >= 4 is 29.2 Å². The first-order valence-corrected chi connectivity index (χ1v) is 6.31. The molecule has 0 unspecified atom stereocenters. The SMILES string of the molecule is C=C(C(=O)OC(=O)c1ccc(Cl)cc1[N+](=O)[O-])C(C)(C)C. The number of rotatable bonds is 3. The lowest BCUT2D eigenvalue weighted by Gasteiger charge is -2.19. The van der Waals surface area contributed by atoms with E-state index in [2.05, 4.69) is 11.3 Å². The topological polar surface area (TPSA) is 86.5 Å². The molecule has 1 rings (SSSR count). The van der Waals surface area contributed by atoms with Crippen molar-refractivity contribution in [1.29, 1.82) is 0 Å². The Kier molecular flexibility index (Phi) is 4.85. The third-order valence-corrected chi connectivity index (χ3v) is 2.95. The molecule has 0 aliphatic heterocycles. The molecule has 1 aromatic rings. The van der Waals surface area contributed by atoms with Gasteiger partial charge in [0, 0.05) is 16.7 Å². The minimum atomic E-state index is -1.12. The number of nitro benzene ring substituents is 1. The fourth-order valence-corrected chi connectivity index (χ4v) is 1.50. The third kappa shape index (κ3) is 4.13. The van der Waals surface area contributed by atoms with Crippen LogP contribution in [0.5, 0.6) is 0 Å². The van der Waals surface area contributed by atoms with E-state index in [1.165, 1.54) is 6.07 Å². The minimum absolute atomic E-state index is 0.0902. The van der Waals surface area contributed by atoms with Crippen LogP contribution in [0.4, 0.5) is 5.69 Å². The molecule has 0 heterocycles. The zero-order chi connectivity index (χ0) is 16.4. The Balaban J connectivity index is 3.04. The summed E-state index contributed by atoms with van der Waals surface area (Å²) in [5, 5.41) is 11.0. The summed E-state index contributed by atoms with van der Waals surface area (Å²) in [7, 11) is 0. The first kappa shape index (κ1) is 16.8. The molecular weight excluding hydrogens is 298 g/mol. The number of nitrogens with zero attached hydrogens (tertiary/aromatic N) is 1. The zero-order valence-corrected chi connectivity index (χ0v) is 12.6. The molecule has 0 spiro atoms. The maximum absolute atomic E-state index is 11.9. The highest BCUT2D eigenvalue weighted by molar-refractivity contribution is 6.31. The van der Waals surface area contributed by atoms with Crippen molar-refractivity contribution < 1.29 is 19.2 Å². The maximum Gasteiger partial charge on any atom is 0.353 e. The van der Waals surface area contributed by atoms with Gasteiger partial charge in [0.1, 0.15) is 5.56 Å². The van der Waals surface area contributed by atoms with Crippen molar-refractivity contribution in [2.24, 2.45) is 5.41 Å². The Bertz CT molecular complexity index is 631. The van der Waals surface area contributed by atoms with Gasteiger partial charge in [0.15, 0.2) is 0 Å². The summed E-state index contributed by atoms with van der Waals surface area (Å²) in [6.07, 6.45) is 0. The fourth-order valence-electron chi connectivity index (χ4n) is 1.34. The van der Waals surface area contributed by atoms with E-state index in [-0.39, 0.29) is 16.2 Å². The summed E-state index contributed by atoms with van der Waals surface area (Å²) in [5.41, 5.74) is -1.36. The van der Waals surface area contributed by atoms with Crippen LogP contribution in [0.25, 0.3) is 0 Å². The standard InChI is InChI=1S/C14H14ClNO5/c1-8(14(2,3)4)12(17)21-13(18)10-6-5-9(15)7-11(10)16(19)20/h5-7H,1H2,2-4H3. The normalized spacial score (nSPS) is 10.9. The van der Waals surface area contributed by atoms with Crippen LogP contribution in [0.1, 0.15) is 31.1 Å². The molecule has 112 valence electrons. The van der Waals surface area contributed by atoms with E-state index in [1.807, 2.05) is 0 Å². The number of benzene rings is 1. The van der Waals surface area contributed by atoms with Crippen LogP contribution in [0.3, 0.4) is 0 Å². The first-order chi connectivity index (χ1) is 9.54. The predicted molar refractivity (Wildman–Crippen MR) is 77.1 cm³/mol. The molecule has 0 saturated carbocycles. The molecule has 0 aliphatic rings. The van der Waals surface area contributed by atoms with Gasteiger partial charge >= 0.3 is 11.9 Å². The average Bonchev–Trinajstić information content (AvgIpc) is 2.36. The zero-order valence-electron chi connectivity index (χ0n) is 11.8. The lowest BCUT2D eigenvalue weighted by molar-refractivity contribution is -0.385. The Morgan fingerprint density at radius 2 is 1.90 bits per heavy atom. The van der Waals surface area contributed by atoms with Crippen LogP contribution in [0, 0.1) is 15.5 Å². The largest absolute Gasteiger partial charge is 0.386 e. The number of ether oxygens (including phenoxy) is 1. The second-order valence-electron chi connectivity index (χ2n) is 5.32. The number of hydrogen-bond donors (Lipinski definition) is 0. The molecule has 0 radical (unpaired) electrons. The molecule has 1 aromatic carbocycles. The Hall–Kier alpha value is -2.21. The van der Waals surface area contributed by atoms with Crippen LogP contribution in [0.2, 0.25) is 5.02 Å². The maximum atomic E-state index is 11.9. The van der Waals surface area contributed by atoms with Gasteiger partial charge in [0.2, 0.25) is 0 Å². The minimum Gasteiger partial charge on any atom is -0.386 e. The molecule has 0 aromatic heterocycles. The number of halogens is 1. The van der Waals surface area contributed by atoms with E-state index in [0.717, 1.165) is 12.1 Å². The number of carbonyl (C=O) groups excluding carboxylic acids is 2. The molecule has 6 nitrogen and oxygen atoms in total. The Morgan fingerprint density at radius 3 is 2.38 bits per heavy atom. The predicted octanol–water partition coefficient (Wildman–Crippen LogP) is 3.53. The van der Waals surface area contributed by atoms with Gasteiger partial charge in [-0.1, -0.05) is 39.0 Å². The Labute approximate surface area is 126 Å². The molecule has 0 fully saturated rings. The van der Waals surface area contributed by atoms with Gasteiger partial charge in [0.25, 0.3) is 5.69 Å². The second-order valence-corrected chi connectivity index (χ2v) is 5.76. The van der Waals surface area contributed by atoms with Gasteiger partial charge < -0.3 is 4.74 Å². The number of hydrogen-bond acceptors (Lipinski definition) is 5. The molecule has 0 amide bonds. The number of esters is 2. The van der Waals surface area contributed by atoms with Gasteiger partial charge in [-0.3, -0.25) is 10.1 Å². The molecular formula is C14H14ClNO5. The van der Waals surface area contributed by atoms with Crippen LogP contribution >= 0.6 is 11.6 Å². The van der Waals surface area contributed by atoms with Gasteiger partial charge in [-0.15, -0.1) is 0 Å². The summed E-state index contributed by atoms with van der Waals surface area (Å²) in [6, 6.07) is 3.45. The van der Waals surface area contributed by atoms with E-state index in [4.69, 9.17) is 11.6 Å². The van der Waals surface area contributed by atoms with Crippen LogP contribution in [-0.4, -0.2) is 16.9 Å². The molecule has 7 heteroatoms. The van der Waals surface area contributed by atoms with Crippen molar-refractivity contribution in [2.45, 2.75) is 20.8 Å². The van der Waals surface area contributed by atoms with Crippen LogP contribution < -0.4 is 0 Å². The lowest BCUT2D eigenvalue weighted by atomic mass is 9.88. The van der Waals surface area contributed by atoms with Crippen molar-refractivity contribution in [1.82, 2.24) is 0 Å². The third-order valence-electron chi connectivity index (χ3n) is 2.71. The molecule has 0 atom stereocenters. The lowest BCUT2D eigenvalue weighted by Crippen LogP contribution is -2.22. The smallest absolute Gasteiger partial charge is 0.353 e. The van der Waals surface area contributed by atoms with Crippen molar-refractivity contribution in [2.75, 3.05) is 0 Å². The second kappa shape index (κ2) is 6.05.